The minimum atomic E-state index is -0.913. The highest BCUT2D eigenvalue weighted by atomic mass is 16.6. The van der Waals surface area contributed by atoms with E-state index in [2.05, 4.69) is 0 Å². The van der Waals surface area contributed by atoms with Crippen molar-refractivity contribution in [1.82, 2.24) is 9.80 Å². The summed E-state index contributed by atoms with van der Waals surface area (Å²) in [6.07, 6.45) is -0.562. The largest absolute Gasteiger partial charge is 0.464 e. The van der Waals surface area contributed by atoms with Crippen molar-refractivity contribution in [2.45, 2.75) is 51.8 Å². The molecule has 3 rings (SSSR count). The molecule has 1 aromatic carbocycles. The van der Waals surface area contributed by atoms with Crippen LogP contribution >= 0.6 is 0 Å². The molecule has 0 bridgehead atoms. The SMILES string of the molecule is CCOC(=O)[C@@H]1C[C@H](N2C(=O)c3ccccc3C2=O)CN1C(=O)OC(C)(C)C. The third-order valence-corrected chi connectivity index (χ3v) is 4.66. The number of fused-ring (bicyclic) bond motifs is 1. The number of benzene rings is 1. The molecule has 0 radical (unpaired) electrons. The maximum Gasteiger partial charge on any atom is 0.411 e. The van der Waals surface area contributed by atoms with Gasteiger partial charge < -0.3 is 9.47 Å². The predicted molar refractivity (Wildman–Crippen MR) is 98.7 cm³/mol. The Bertz CT molecular complexity index is 793. The van der Waals surface area contributed by atoms with Gasteiger partial charge in [-0.15, -0.1) is 0 Å². The van der Waals surface area contributed by atoms with Crippen LogP contribution in [0.2, 0.25) is 0 Å². The highest BCUT2D eigenvalue weighted by Gasteiger charge is 2.49. The van der Waals surface area contributed by atoms with Crippen molar-refractivity contribution >= 4 is 23.9 Å². The van der Waals surface area contributed by atoms with E-state index in [9.17, 15) is 19.2 Å². The van der Waals surface area contributed by atoms with E-state index in [0.29, 0.717) is 11.1 Å². The summed E-state index contributed by atoms with van der Waals surface area (Å²) in [6, 6.07) is 5.03. The monoisotopic (exact) mass is 388 g/mol. The lowest BCUT2D eigenvalue weighted by Crippen LogP contribution is -2.45. The lowest BCUT2D eigenvalue weighted by Gasteiger charge is -2.27. The molecular formula is C20H24N2O6. The zero-order chi connectivity index (χ0) is 20.6. The summed E-state index contributed by atoms with van der Waals surface area (Å²) in [4.78, 5) is 52.9. The van der Waals surface area contributed by atoms with Gasteiger partial charge in [0, 0.05) is 13.0 Å². The first kappa shape index (κ1) is 19.9. The molecule has 1 aromatic rings. The first-order chi connectivity index (χ1) is 13.1. The number of carbonyl (C=O) groups excluding carboxylic acids is 4. The lowest BCUT2D eigenvalue weighted by molar-refractivity contribution is -0.148. The average molecular weight is 388 g/mol. The van der Waals surface area contributed by atoms with Gasteiger partial charge in [-0.1, -0.05) is 12.1 Å². The maximum absolute atomic E-state index is 12.8. The van der Waals surface area contributed by atoms with E-state index >= 15 is 0 Å². The van der Waals surface area contributed by atoms with Gasteiger partial charge in [0.25, 0.3) is 11.8 Å². The summed E-state index contributed by atoms with van der Waals surface area (Å²) in [5.41, 5.74) is -0.0871. The Labute approximate surface area is 163 Å². The normalized spacial score (nSPS) is 21.7. The fourth-order valence-corrected chi connectivity index (χ4v) is 3.52. The molecule has 2 heterocycles. The lowest BCUT2D eigenvalue weighted by atomic mass is 10.1. The van der Waals surface area contributed by atoms with Gasteiger partial charge in [-0.25, -0.2) is 9.59 Å². The summed E-state index contributed by atoms with van der Waals surface area (Å²) < 4.78 is 10.5. The van der Waals surface area contributed by atoms with Crippen molar-refractivity contribution in [1.29, 1.82) is 0 Å². The Morgan fingerprint density at radius 3 is 2.18 bits per heavy atom. The van der Waals surface area contributed by atoms with Gasteiger partial charge in [-0.05, 0) is 39.8 Å². The first-order valence-corrected chi connectivity index (χ1v) is 9.27. The minimum Gasteiger partial charge on any atom is -0.464 e. The van der Waals surface area contributed by atoms with Crippen LogP contribution in [0.5, 0.6) is 0 Å². The van der Waals surface area contributed by atoms with E-state index in [4.69, 9.17) is 9.47 Å². The Kier molecular flexibility index (Phi) is 5.14. The zero-order valence-electron chi connectivity index (χ0n) is 16.4. The number of esters is 1. The number of hydrogen-bond acceptors (Lipinski definition) is 6. The fraction of sp³-hybridized carbons (Fsp3) is 0.500. The number of imide groups is 1. The molecule has 2 aliphatic heterocycles. The summed E-state index contributed by atoms with van der Waals surface area (Å²) >= 11 is 0. The van der Waals surface area contributed by atoms with Crippen LogP contribution in [0.4, 0.5) is 4.79 Å². The van der Waals surface area contributed by atoms with Gasteiger partial charge >= 0.3 is 12.1 Å². The van der Waals surface area contributed by atoms with Crippen molar-refractivity contribution < 1.29 is 28.7 Å². The Morgan fingerprint density at radius 2 is 1.68 bits per heavy atom. The van der Waals surface area contributed by atoms with Crippen molar-refractivity contribution in [2.24, 2.45) is 0 Å². The predicted octanol–water partition coefficient (Wildman–Crippen LogP) is 2.22. The van der Waals surface area contributed by atoms with Crippen molar-refractivity contribution in [3.63, 3.8) is 0 Å². The summed E-state index contributed by atoms with van der Waals surface area (Å²) in [5.74, 6) is -1.41. The standard InChI is InChI=1S/C20H24N2O6/c1-5-27-18(25)15-10-12(11-21(15)19(26)28-20(2,3)4)22-16(23)13-8-6-7-9-14(13)17(22)24/h6-9,12,15H,5,10-11H2,1-4H3/t12-,15-/m0/s1. The molecule has 2 aliphatic rings. The van der Waals surface area contributed by atoms with E-state index in [0.717, 1.165) is 4.90 Å². The van der Waals surface area contributed by atoms with Crippen LogP contribution < -0.4 is 0 Å². The number of carbonyl (C=O) groups is 4. The summed E-state index contributed by atoms with van der Waals surface area (Å²) in [5, 5.41) is 0. The number of hydrogen-bond donors (Lipinski definition) is 0. The molecule has 0 aliphatic carbocycles. The van der Waals surface area contributed by atoms with Crippen molar-refractivity contribution in [3.8, 4) is 0 Å². The zero-order valence-corrected chi connectivity index (χ0v) is 16.4. The Hall–Kier alpha value is -2.90. The van der Waals surface area contributed by atoms with Crippen LogP contribution in [0.15, 0.2) is 24.3 Å². The van der Waals surface area contributed by atoms with Gasteiger partial charge in [0.05, 0.1) is 23.8 Å². The Balaban J connectivity index is 1.86. The summed E-state index contributed by atoms with van der Waals surface area (Å²) in [6.45, 7) is 7.03. The smallest absolute Gasteiger partial charge is 0.411 e. The number of likely N-dealkylation sites (tertiary alicyclic amines) is 1. The molecule has 3 amide bonds. The van der Waals surface area contributed by atoms with Crippen molar-refractivity contribution in [2.75, 3.05) is 13.2 Å². The van der Waals surface area contributed by atoms with Crippen LogP contribution in [0.1, 0.15) is 54.8 Å². The molecule has 28 heavy (non-hydrogen) atoms. The quantitative estimate of drug-likeness (QED) is 0.582. The fourth-order valence-electron chi connectivity index (χ4n) is 3.52. The second-order valence-corrected chi connectivity index (χ2v) is 7.82. The van der Waals surface area contributed by atoms with Gasteiger partial charge in [0.15, 0.2) is 0 Å². The molecule has 2 atom stereocenters. The summed E-state index contributed by atoms with van der Waals surface area (Å²) in [7, 11) is 0. The number of rotatable bonds is 3. The molecule has 150 valence electrons. The van der Waals surface area contributed by atoms with Gasteiger partial charge in [0.2, 0.25) is 0 Å². The highest BCUT2D eigenvalue weighted by molar-refractivity contribution is 6.21. The highest BCUT2D eigenvalue weighted by Crippen LogP contribution is 2.31. The second kappa shape index (κ2) is 7.26. The molecule has 8 nitrogen and oxygen atoms in total. The molecule has 0 saturated carbocycles. The molecule has 0 unspecified atom stereocenters. The molecule has 0 spiro atoms. The second-order valence-electron chi connectivity index (χ2n) is 7.82. The number of ether oxygens (including phenoxy) is 2. The maximum atomic E-state index is 12.8. The number of nitrogens with zero attached hydrogens (tertiary/aromatic N) is 2. The van der Waals surface area contributed by atoms with E-state index in [-0.39, 0.29) is 19.6 Å². The van der Waals surface area contributed by atoms with Gasteiger partial charge in [-0.3, -0.25) is 19.4 Å². The van der Waals surface area contributed by atoms with Crippen LogP contribution in [0.3, 0.4) is 0 Å². The first-order valence-electron chi connectivity index (χ1n) is 9.27. The molecule has 1 fully saturated rings. The minimum absolute atomic E-state index is 0.0177. The molecular weight excluding hydrogens is 364 g/mol. The topological polar surface area (TPSA) is 93.2 Å². The third kappa shape index (κ3) is 3.58. The molecule has 0 N–H and O–H groups in total. The third-order valence-electron chi connectivity index (χ3n) is 4.66. The van der Waals surface area contributed by atoms with Crippen LogP contribution in [-0.2, 0) is 14.3 Å². The van der Waals surface area contributed by atoms with E-state index < -0.39 is 41.6 Å². The molecule has 1 saturated heterocycles. The average Bonchev–Trinajstić information content (AvgIpc) is 3.15. The van der Waals surface area contributed by atoms with E-state index in [1.54, 1.807) is 52.0 Å². The van der Waals surface area contributed by atoms with Gasteiger partial charge in [0.1, 0.15) is 11.6 Å². The van der Waals surface area contributed by atoms with Crippen LogP contribution in [-0.4, -0.2) is 64.5 Å². The van der Waals surface area contributed by atoms with Gasteiger partial charge in [-0.2, -0.15) is 0 Å². The molecule has 0 aromatic heterocycles. The van der Waals surface area contributed by atoms with Crippen LogP contribution in [0.25, 0.3) is 0 Å². The van der Waals surface area contributed by atoms with Crippen molar-refractivity contribution in [3.05, 3.63) is 35.4 Å². The number of amides is 3. The molecule has 8 heteroatoms. The Morgan fingerprint density at radius 1 is 1.11 bits per heavy atom. The van der Waals surface area contributed by atoms with E-state index in [1.165, 1.54) is 4.90 Å². The van der Waals surface area contributed by atoms with E-state index in [1.807, 2.05) is 0 Å². The van der Waals surface area contributed by atoms with Crippen LogP contribution in [0, 0.1) is 0 Å².